The number of hydrogen-bond acceptors (Lipinski definition) is 2. The van der Waals surface area contributed by atoms with Gasteiger partial charge in [-0.2, -0.15) is 0 Å². The molecule has 0 aliphatic rings. The van der Waals surface area contributed by atoms with Crippen molar-refractivity contribution < 1.29 is 9.84 Å². The van der Waals surface area contributed by atoms with Gasteiger partial charge in [0.2, 0.25) is 0 Å². The fourth-order valence-corrected chi connectivity index (χ4v) is 0.0913. The predicted octanol–water partition coefficient (Wildman–Crippen LogP) is 0.261. The topological polar surface area (TPSA) is 29.5 Å². The van der Waals surface area contributed by atoms with Crippen LogP contribution in [0.25, 0.3) is 0 Å². The van der Waals surface area contributed by atoms with E-state index in [2.05, 4.69) is 4.74 Å². The van der Waals surface area contributed by atoms with Crippen LogP contribution in [0.5, 0.6) is 0 Å². The van der Waals surface area contributed by atoms with Gasteiger partial charge in [0.05, 0.1) is 13.2 Å². The van der Waals surface area contributed by atoms with Gasteiger partial charge in [0, 0.05) is 7.11 Å². The Kier molecular flexibility index (Phi) is 13.8. The van der Waals surface area contributed by atoms with E-state index in [9.17, 15) is 0 Å². The lowest BCUT2D eigenvalue weighted by Crippen LogP contribution is -1.91. The van der Waals surface area contributed by atoms with Crippen LogP contribution < -0.4 is 0 Å². The molecule has 0 saturated carbocycles. The third kappa shape index (κ3) is 9.07. The van der Waals surface area contributed by atoms with E-state index in [0.29, 0.717) is 6.61 Å². The molecule has 0 unspecified atom stereocenters. The predicted molar refractivity (Wildman–Crippen MR) is 25.7 cm³/mol. The van der Waals surface area contributed by atoms with Gasteiger partial charge in [-0.05, 0) is 0 Å². The first-order valence-electron chi connectivity index (χ1n) is 1.51. The van der Waals surface area contributed by atoms with Crippen LogP contribution in [0.2, 0.25) is 0 Å². The molecule has 0 amide bonds. The Morgan fingerprint density at radius 3 is 2.17 bits per heavy atom. The highest BCUT2D eigenvalue weighted by molar-refractivity contribution is 4.12. The van der Waals surface area contributed by atoms with Crippen molar-refractivity contribution in [2.75, 3.05) is 20.3 Å². The average molecular weight is 92.1 g/mol. The van der Waals surface area contributed by atoms with Gasteiger partial charge in [-0.3, -0.25) is 0 Å². The largest absolute Gasteiger partial charge is 0.394 e. The van der Waals surface area contributed by atoms with Crippen molar-refractivity contribution in [2.24, 2.45) is 0 Å². The normalized spacial score (nSPS) is 7.00. The average Bonchev–Trinajstić information content (AvgIpc) is 1.41. The Hall–Kier alpha value is -0.0800. The van der Waals surface area contributed by atoms with Crippen LogP contribution in [0.3, 0.4) is 0 Å². The molecule has 0 aromatic heterocycles. The molecule has 0 saturated heterocycles. The molecule has 6 heavy (non-hydrogen) atoms. The quantitative estimate of drug-likeness (QED) is 0.529. The van der Waals surface area contributed by atoms with Gasteiger partial charge in [0.1, 0.15) is 0 Å². The van der Waals surface area contributed by atoms with Crippen LogP contribution in [0.15, 0.2) is 0 Å². The number of hydrogen-bond donors (Lipinski definition) is 1. The summed E-state index contributed by atoms with van der Waals surface area (Å²) < 4.78 is 4.44. The molecule has 0 bridgehead atoms. The van der Waals surface area contributed by atoms with Gasteiger partial charge in [-0.1, -0.05) is 7.43 Å². The Morgan fingerprint density at radius 1 is 1.67 bits per heavy atom. The van der Waals surface area contributed by atoms with E-state index in [1.54, 1.807) is 7.11 Å². The van der Waals surface area contributed by atoms with E-state index in [1.807, 2.05) is 0 Å². The zero-order valence-electron chi connectivity index (χ0n) is 3.27. The molecular formula is C4H12O2. The SMILES string of the molecule is C.COCCO. The fraction of sp³-hybridized carbons (Fsp3) is 1.00. The second-order valence-corrected chi connectivity index (χ2v) is 0.716. The number of rotatable bonds is 2. The van der Waals surface area contributed by atoms with Crippen LogP contribution >= 0.6 is 0 Å². The maximum absolute atomic E-state index is 7.94. The van der Waals surface area contributed by atoms with Crippen LogP contribution in [0.1, 0.15) is 7.43 Å². The number of aliphatic hydroxyl groups is 1. The summed E-state index contributed by atoms with van der Waals surface area (Å²) >= 11 is 0. The van der Waals surface area contributed by atoms with Crippen molar-refractivity contribution >= 4 is 0 Å². The Morgan fingerprint density at radius 2 is 2.17 bits per heavy atom. The second-order valence-electron chi connectivity index (χ2n) is 0.716. The summed E-state index contributed by atoms with van der Waals surface area (Å²) in [6.45, 7) is 0.566. The minimum Gasteiger partial charge on any atom is -0.394 e. The maximum Gasteiger partial charge on any atom is 0.0693 e. The van der Waals surface area contributed by atoms with Crippen LogP contribution in [-0.4, -0.2) is 25.4 Å². The first-order valence-corrected chi connectivity index (χ1v) is 1.51. The monoisotopic (exact) mass is 92.1 g/mol. The molecule has 40 valence electrons. The molecule has 0 aromatic carbocycles. The second kappa shape index (κ2) is 8.87. The highest BCUT2D eigenvalue weighted by atomic mass is 16.5. The van der Waals surface area contributed by atoms with E-state index >= 15 is 0 Å². The Balaban J connectivity index is 0. The maximum atomic E-state index is 7.94. The number of methoxy groups -OCH3 is 1. The highest BCUT2D eigenvalue weighted by Gasteiger charge is 1.67. The van der Waals surface area contributed by atoms with Gasteiger partial charge in [0.25, 0.3) is 0 Å². The van der Waals surface area contributed by atoms with Gasteiger partial charge in [0.15, 0.2) is 0 Å². The summed E-state index contributed by atoms with van der Waals surface area (Å²) in [6.07, 6.45) is 0. The smallest absolute Gasteiger partial charge is 0.0693 e. The molecule has 0 radical (unpaired) electrons. The molecule has 0 spiro atoms. The van der Waals surface area contributed by atoms with E-state index in [-0.39, 0.29) is 14.0 Å². The van der Waals surface area contributed by atoms with Crippen molar-refractivity contribution in [3.63, 3.8) is 0 Å². The van der Waals surface area contributed by atoms with Crippen LogP contribution in [-0.2, 0) is 4.74 Å². The van der Waals surface area contributed by atoms with Crippen molar-refractivity contribution in [1.82, 2.24) is 0 Å². The molecule has 0 fully saturated rings. The standard InChI is InChI=1S/C3H8O2.CH4/c1-5-3-2-4;/h4H,2-3H2,1H3;1H4. The van der Waals surface area contributed by atoms with Crippen molar-refractivity contribution in [2.45, 2.75) is 7.43 Å². The van der Waals surface area contributed by atoms with Crippen molar-refractivity contribution in [1.29, 1.82) is 0 Å². The molecule has 0 aliphatic carbocycles. The first-order chi connectivity index (χ1) is 2.41. The third-order valence-corrected chi connectivity index (χ3v) is 0.295. The Labute approximate surface area is 38.7 Å². The van der Waals surface area contributed by atoms with E-state index in [0.717, 1.165) is 0 Å². The molecule has 2 nitrogen and oxygen atoms in total. The molecule has 0 aromatic rings. The third-order valence-electron chi connectivity index (χ3n) is 0.295. The molecule has 2 heteroatoms. The summed E-state index contributed by atoms with van der Waals surface area (Å²) in [5, 5.41) is 7.94. The van der Waals surface area contributed by atoms with Crippen LogP contribution in [0.4, 0.5) is 0 Å². The van der Waals surface area contributed by atoms with E-state index in [1.165, 1.54) is 0 Å². The molecule has 0 atom stereocenters. The molecule has 0 rings (SSSR count). The molecule has 0 heterocycles. The van der Waals surface area contributed by atoms with Crippen LogP contribution in [0, 0.1) is 0 Å². The summed E-state index contributed by atoms with van der Waals surface area (Å²) in [7, 11) is 1.55. The van der Waals surface area contributed by atoms with Gasteiger partial charge in [-0.25, -0.2) is 0 Å². The minimum absolute atomic E-state index is 0. The van der Waals surface area contributed by atoms with Gasteiger partial charge < -0.3 is 9.84 Å². The van der Waals surface area contributed by atoms with E-state index in [4.69, 9.17) is 5.11 Å². The zero-order chi connectivity index (χ0) is 4.12. The summed E-state index contributed by atoms with van der Waals surface area (Å²) in [6, 6.07) is 0. The van der Waals surface area contributed by atoms with Gasteiger partial charge >= 0.3 is 0 Å². The summed E-state index contributed by atoms with van der Waals surface area (Å²) in [5.41, 5.74) is 0. The summed E-state index contributed by atoms with van der Waals surface area (Å²) in [5.74, 6) is 0. The van der Waals surface area contributed by atoms with E-state index < -0.39 is 0 Å². The first kappa shape index (κ1) is 9.33. The zero-order valence-corrected chi connectivity index (χ0v) is 3.27. The highest BCUT2D eigenvalue weighted by Crippen LogP contribution is 1.56. The molecular weight excluding hydrogens is 80.0 g/mol. The lowest BCUT2D eigenvalue weighted by Gasteiger charge is -1.84. The fourth-order valence-electron chi connectivity index (χ4n) is 0.0913. The lowest BCUT2D eigenvalue weighted by atomic mass is 10.8. The van der Waals surface area contributed by atoms with Crippen molar-refractivity contribution in [3.8, 4) is 0 Å². The number of aliphatic hydroxyl groups excluding tert-OH is 1. The lowest BCUT2D eigenvalue weighted by molar-refractivity contribution is 0.135. The van der Waals surface area contributed by atoms with Gasteiger partial charge in [-0.15, -0.1) is 0 Å². The minimum atomic E-state index is 0. The molecule has 1 N–H and O–H groups in total. The Bertz CT molecular complexity index is 13.0. The molecule has 0 aliphatic heterocycles. The summed E-state index contributed by atoms with van der Waals surface area (Å²) in [4.78, 5) is 0. The van der Waals surface area contributed by atoms with Crippen molar-refractivity contribution in [3.05, 3.63) is 0 Å². The number of ether oxygens (including phenoxy) is 1.